The highest BCUT2D eigenvalue weighted by atomic mass is 32.1. The van der Waals surface area contributed by atoms with Crippen LogP contribution in [0.5, 0.6) is 0 Å². The topological polar surface area (TPSA) is 35.2 Å². The molecule has 1 fully saturated rings. The normalized spacial score (nSPS) is 29.0. The lowest BCUT2D eigenvalue weighted by molar-refractivity contribution is 0.0423. The molecule has 1 aliphatic heterocycles. The van der Waals surface area contributed by atoms with Gasteiger partial charge in [-0.3, -0.25) is 0 Å². The Morgan fingerprint density at radius 1 is 1.62 bits per heavy atom. The van der Waals surface area contributed by atoms with Crippen LogP contribution >= 0.6 is 11.3 Å². The molecule has 72 valence electrons. The number of hydrogen-bond donors (Lipinski definition) is 1. The summed E-state index contributed by atoms with van der Waals surface area (Å²) in [6.07, 6.45) is 2.08. The van der Waals surface area contributed by atoms with Crippen LogP contribution in [0.25, 0.3) is 0 Å². The van der Waals surface area contributed by atoms with E-state index in [4.69, 9.17) is 10.5 Å². The Bertz CT molecular complexity index is 247. The summed E-state index contributed by atoms with van der Waals surface area (Å²) in [5.41, 5.74) is 7.42. The van der Waals surface area contributed by atoms with Crippen LogP contribution in [0.2, 0.25) is 0 Å². The quantitative estimate of drug-likeness (QED) is 0.782. The summed E-state index contributed by atoms with van der Waals surface area (Å²) < 4.78 is 5.42. The van der Waals surface area contributed by atoms with E-state index in [0.29, 0.717) is 12.0 Å². The van der Waals surface area contributed by atoms with Gasteiger partial charge in [0.25, 0.3) is 0 Å². The predicted octanol–water partition coefficient (Wildman–Crippen LogP) is 1.65. The van der Waals surface area contributed by atoms with Gasteiger partial charge in [-0.05, 0) is 35.2 Å². The molecule has 2 heterocycles. The first kappa shape index (κ1) is 9.19. The lowest BCUT2D eigenvalue weighted by Gasteiger charge is -2.28. The smallest absolute Gasteiger partial charge is 0.0512 e. The highest BCUT2D eigenvalue weighted by Gasteiger charge is 2.22. The Labute approximate surface area is 82.7 Å². The number of thiophene rings is 1. The summed E-state index contributed by atoms with van der Waals surface area (Å²) in [4.78, 5) is 0. The summed E-state index contributed by atoms with van der Waals surface area (Å²) in [5, 5.41) is 4.31. The minimum atomic E-state index is 0.327. The molecule has 0 aliphatic carbocycles. The van der Waals surface area contributed by atoms with E-state index in [-0.39, 0.29) is 0 Å². The van der Waals surface area contributed by atoms with E-state index in [2.05, 4.69) is 16.8 Å². The molecule has 3 heteroatoms. The van der Waals surface area contributed by atoms with Gasteiger partial charge in [-0.2, -0.15) is 11.3 Å². The Kier molecular flexibility index (Phi) is 2.98. The molecule has 0 spiro atoms. The monoisotopic (exact) mass is 197 g/mol. The summed E-state index contributed by atoms with van der Waals surface area (Å²) in [7, 11) is 0. The van der Waals surface area contributed by atoms with Gasteiger partial charge in [-0.25, -0.2) is 0 Å². The van der Waals surface area contributed by atoms with Crippen LogP contribution in [0.1, 0.15) is 12.0 Å². The van der Waals surface area contributed by atoms with Crippen LogP contribution in [0, 0.1) is 5.92 Å². The first-order valence-electron chi connectivity index (χ1n) is 4.70. The molecule has 1 aliphatic rings. The molecule has 2 rings (SSSR count). The minimum Gasteiger partial charge on any atom is -0.381 e. The Hall–Kier alpha value is -0.380. The molecular formula is C10H15NOS. The third-order valence-electron chi connectivity index (χ3n) is 2.61. The molecule has 2 unspecified atom stereocenters. The molecule has 1 aromatic rings. The molecule has 0 amide bonds. The fraction of sp³-hybridized carbons (Fsp3) is 0.600. The zero-order chi connectivity index (χ0) is 9.10. The van der Waals surface area contributed by atoms with Gasteiger partial charge in [0.15, 0.2) is 0 Å². The van der Waals surface area contributed by atoms with Crippen LogP contribution in [-0.4, -0.2) is 19.3 Å². The maximum atomic E-state index is 6.02. The van der Waals surface area contributed by atoms with Crippen molar-refractivity contribution in [3.05, 3.63) is 22.4 Å². The minimum absolute atomic E-state index is 0.327. The number of nitrogens with two attached hydrogens (primary N) is 1. The van der Waals surface area contributed by atoms with Crippen LogP contribution in [0.4, 0.5) is 0 Å². The van der Waals surface area contributed by atoms with Crippen LogP contribution < -0.4 is 5.73 Å². The van der Waals surface area contributed by atoms with E-state index in [1.54, 1.807) is 11.3 Å². The highest BCUT2D eigenvalue weighted by Crippen LogP contribution is 2.19. The largest absolute Gasteiger partial charge is 0.381 e. The average molecular weight is 197 g/mol. The number of ether oxygens (including phenoxy) is 1. The number of rotatable bonds is 2. The van der Waals surface area contributed by atoms with Gasteiger partial charge >= 0.3 is 0 Å². The molecule has 1 saturated heterocycles. The lowest BCUT2D eigenvalue weighted by Crippen LogP contribution is -2.39. The zero-order valence-corrected chi connectivity index (χ0v) is 8.43. The van der Waals surface area contributed by atoms with Crippen LogP contribution in [0.15, 0.2) is 16.8 Å². The van der Waals surface area contributed by atoms with Crippen LogP contribution in [0.3, 0.4) is 0 Å². The molecule has 0 radical (unpaired) electrons. The van der Waals surface area contributed by atoms with Crippen molar-refractivity contribution in [2.24, 2.45) is 11.7 Å². The Morgan fingerprint density at radius 2 is 2.54 bits per heavy atom. The predicted molar refractivity (Wildman–Crippen MR) is 54.9 cm³/mol. The van der Waals surface area contributed by atoms with E-state index < -0.39 is 0 Å². The number of hydrogen-bond acceptors (Lipinski definition) is 3. The van der Waals surface area contributed by atoms with Gasteiger partial charge < -0.3 is 10.5 Å². The molecule has 2 nitrogen and oxygen atoms in total. The SMILES string of the molecule is NC1CCOCC1Cc1ccsc1. The maximum Gasteiger partial charge on any atom is 0.0512 e. The van der Waals surface area contributed by atoms with E-state index in [9.17, 15) is 0 Å². The van der Waals surface area contributed by atoms with Gasteiger partial charge in [0.05, 0.1) is 6.61 Å². The average Bonchev–Trinajstić information content (AvgIpc) is 2.61. The van der Waals surface area contributed by atoms with Crippen LogP contribution in [-0.2, 0) is 11.2 Å². The first-order valence-corrected chi connectivity index (χ1v) is 5.65. The van der Waals surface area contributed by atoms with Crippen molar-refractivity contribution >= 4 is 11.3 Å². The fourth-order valence-electron chi connectivity index (χ4n) is 1.74. The van der Waals surface area contributed by atoms with Crippen molar-refractivity contribution in [2.75, 3.05) is 13.2 Å². The first-order chi connectivity index (χ1) is 6.36. The third-order valence-corrected chi connectivity index (χ3v) is 3.34. The molecule has 1 aromatic heterocycles. The molecule has 2 N–H and O–H groups in total. The third kappa shape index (κ3) is 2.30. The van der Waals surface area contributed by atoms with E-state index in [0.717, 1.165) is 26.1 Å². The molecule has 0 aromatic carbocycles. The summed E-state index contributed by atoms with van der Waals surface area (Å²) >= 11 is 1.75. The molecular weight excluding hydrogens is 182 g/mol. The van der Waals surface area contributed by atoms with E-state index in [1.807, 2.05) is 0 Å². The highest BCUT2D eigenvalue weighted by molar-refractivity contribution is 7.07. The standard InChI is InChI=1S/C10H15NOS/c11-10-1-3-12-6-9(10)5-8-2-4-13-7-8/h2,4,7,9-10H,1,3,5-6,11H2. The van der Waals surface area contributed by atoms with Gasteiger partial charge in [0.1, 0.15) is 0 Å². The molecule has 13 heavy (non-hydrogen) atoms. The van der Waals surface area contributed by atoms with Crippen molar-refractivity contribution < 1.29 is 4.74 Å². The lowest BCUT2D eigenvalue weighted by atomic mass is 9.91. The second kappa shape index (κ2) is 4.22. The van der Waals surface area contributed by atoms with Crippen molar-refractivity contribution in [1.29, 1.82) is 0 Å². The fourth-order valence-corrected chi connectivity index (χ4v) is 2.42. The summed E-state index contributed by atoms with van der Waals surface area (Å²) in [6.45, 7) is 1.66. The van der Waals surface area contributed by atoms with Crippen molar-refractivity contribution in [3.8, 4) is 0 Å². The van der Waals surface area contributed by atoms with Gasteiger partial charge in [0.2, 0.25) is 0 Å². The van der Waals surface area contributed by atoms with Crippen molar-refractivity contribution in [1.82, 2.24) is 0 Å². The second-order valence-corrected chi connectivity index (χ2v) is 4.40. The van der Waals surface area contributed by atoms with Gasteiger partial charge in [-0.15, -0.1) is 0 Å². The molecule has 0 saturated carbocycles. The van der Waals surface area contributed by atoms with Crippen molar-refractivity contribution in [3.63, 3.8) is 0 Å². The Balaban J connectivity index is 1.93. The van der Waals surface area contributed by atoms with Crippen molar-refractivity contribution in [2.45, 2.75) is 18.9 Å². The molecule has 0 bridgehead atoms. The molecule has 2 atom stereocenters. The van der Waals surface area contributed by atoms with E-state index >= 15 is 0 Å². The van der Waals surface area contributed by atoms with Gasteiger partial charge in [0, 0.05) is 18.6 Å². The zero-order valence-electron chi connectivity index (χ0n) is 7.61. The van der Waals surface area contributed by atoms with E-state index in [1.165, 1.54) is 5.56 Å². The summed E-state index contributed by atoms with van der Waals surface area (Å²) in [6, 6.07) is 2.50. The second-order valence-electron chi connectivity index (χ2n) is 3.62. The maximum absolute atomic E-state index is 6.02. The Morgan fingerprint density at radius 3 is 3.23 bits per heavy atom. The summed E-state index contributed by atoms with van der Waals surface area (Å²) in [5.74, 6) is 0.517. The van der Waals surface area contributed by atoms with Gasteiger partial charge in [-0.1, -0.05) is 0 Å².